The number of rotatable bonds is 8. The normalized spacial score (nSPS) is 12.8. The van der Waals surface area contributed by atoms with Gasteiger partial charge in [0, 0.05) is 31.5 Å². The van der Waals surface area contributed by atoms with Crippen molar-refractivity contribution in [3.8, 4) is 0 Å². The van der Waals surface area contributed by atoms with Gasteiger partial charge < -0.3 is 15.7 Å². The minimum absolute atomic E-state index is 0.0107. The van der Waals surface area contributed by atoms with Crippen molar-refractivity contribution >= 4 is 11.9 Å². The van der Waals surface area contributed by atoms with Crippen LogP contribution in [0.15, 0.2) is 0 Å². The van der Waals surface area contributed by atoms with Gasteiger partial charge in [0.15, 0.2) is 0 Å². The van der Waals surface area contributed by atoms with Crippen LogP contribution >= 0.6 is 0 Å². The number of amides is 1. The number of hydrogen-bond donors (Lipinski definition) is 2. The van der Waals surface area contributed by atoms with Crippen molar-refractivity contribution in [3.05, 3.63) is 0 Å². The second-order valence-electron chi connectivity index (χ2n) is 5.29. The second kappa shape index (κ2) is 8.08. The first-order chi connectivity index (χ1) is 8.25. The van der Waals surface area contributed by atoms with Crippen molar-refractivity contribution in [1.82, 2.24) is 4.90 Å². The number of hydrogen-bond acceptors (Lipinski definition) is 3. The summed E-state index contributed by atoms with van der Waals surface area (Å²) in [6.07, 6.45) is 0.895. The van der Waals surface area contributed by atoms with Crippen molar-refractivity contribution in [2.24, 2.45) is 11.7 Å². The Morgan fingerprint density at radius 2 is 1.78 bits per heavy atom. The van der Waals surface area contributed by atoms with E-state index in [-0.39, 0.29) is 30.3 Å². The van der Waals surface area contributed by atoms with Gasteiger partial charge in [0.05, 0.1) is 0 Å². The molecule has 0 heterocycles. The van der Waals surface area contributed by atoms with E-state index >= 15 is 0 Å². The summed E-state index contributed by atoms with van der Waals surface area (Å²) in [6, 6.07) is -0.0659. The predicted molar refractivity (Wildman–Crippen MR) is 71.1 cm³/mol. The van der Waals surface area contributed by atoms with Crippen molar-refractivity contribution in [2.45, 2.75) is 59.0 Å². The average molecular weight is 258 g/mol. The van der Waals surface area contributed by atoms with Gasteiger partial charge in [-0.15, -0.1) is 0 Å². The van der Waals surface area contributed by atoms with Crippen molar-refractivity contribution in [1.29, 1.82) is 0 Å². The molecule has 0 saturated carbocycles. The van der Waals surface area contributed by atoms with Gasteiger partial charge in [0.25, 0.3) is 0 Å². The van der Waals surface area contributed by atoms with Crippen LogP contribution in [0.2, 0.25) is 0 Å². The number of carbonyl (C=O) groups is 2. The summed E-state index contributed by atoms with van der Waals surface area (Å²) in [5.74, 6) is -0.552. The molecule has 0 bridgehead atoms. The van der Waals surface area contributed by atoms with Crippen LogP contribution in [0.1, 0.15) is 47.0 Å². The molecule has 1 unspecified atom stereocenters. The number of carboxylic acids is 1. The van der Waals surface area contributed by atoms with Crippen LogP contribution in [0, 0.1) is 5.92 Å². The maximum Gasteiger partial charge on any atom is 0.303 e. The van der Waals surface area contributed by atoms with Crippen LogP contribution in [-0.2, 0) is 9.59 Å². The first-order valence-electron chi connectivity index (χ1n) is 6.52. The van der Waals surface area contributed by atoms with E-state index in [0.717, 1.165) is 0 Å². The van der Waals surface area contributed by atoms with Crippen LogP contribution in [0.3, 0.4) is 0 Å². The third kappa shape index (κ3) is 6.59. The van der Waals surface area contributed by atoms with Gasteiger partial charge in [-0.25, -0.2) is 0 Å². The van der Waals surface area contributed by atoms with Gasteiger partial charge in [-0.3, -0.25) is 9.59 Å². The van der Waals surface area contributed by atoms with Gasteiger partial charge in [0.2, 0.25) is 5.91 Å². The second-order valence-corrected chi connectivity index (χ2v) is 5.29. The lowest BCUT2D eigenvalue weighted by Crippen LogP contribution is -2.42. The van der Waals surface area contributed by atoms with Crippen LogP contribution in [0.4, 0.5) is 0 Å². The fraction of sp³-hybridized carbons (Fsp3) is 0.846. The Morgan fingerprint density at radius 1 is 1.22 bits per heavy atom. The molecular formula is C13H26N2O3. The molecule has 0 aromatic rings. The standard InChI is InChI=1S/C13H26N2O3/c1-9(2)11(14)8-12(16)15(10(3)4)7-5-6-13(17)18/h9-11H,5-8,14H2,1-4H3,(H,17,18). The van der Waals surface area contributed by atoms with E-state index in [1.165, 1.54) is 0 Å². The molecule has 0 rings (SSSR count). The molecule has 0 spiro atoms. The van der Waals surface area contributed by atoms with Crippen LogP contribution in [-0.4, -0.2) is 40.5 Å². The number of carbonyl (C=O) groups excluding carboxylic acids is 1. The van der Waals surface area contributed by atoms with Crippen molar-refractivity contribution in [3.63, 3.8) is 0 Å². The lowest BCUT2D eigenvalue weighted by atomic mass is 10.0. The summed E-state index contributed by atoms with van der Waals surface area (Å²) in [7, 11) is 0. The molecule has 0 aliphatic heterocycles. The summed E-state index contributed by atoms with van der Waals surface area (Å²) < 4.78 is 0. The molecule has 0 saturated heterocycles. The van der Waals surface area contributed by atoms with E-state index < -0.39 is 5.97 Å². The molecule has 0 aliphatic carbocycles. The SMILES string of the molecule is CC(C)C(N)CC(=O)N(CCCC(=O)O)C(C)C. The fourth-order valence-electron chi connectivity index (χ4n) is 1.63. The maximum atomic E-state index is 12.1. The Bertz CT molecular complexity index is 277. The van der Waals surface area contributed by atoms with E-state index in [2.05, 4.69) is 0 Å². The van der Waals surface area contributed by atoms with E-state index in [9.17, 15) is 9.59 Å². The first kappa shape index (κ1) is 16.9. The highest BCUT2D eigenvalue weighted by molar-refractivity contribution is 5.77. The Morgan fingerprint density at radius 3 is 2.17 bits per heavy atom. The smallest absolute Gasteiger partial charge is 0.303 e. The molecule has 0 aliphatic rings. The van der Waals surface area contributed by atoms with E-state index in [1.54, 1.807) is 4.90 Å². The van der Waals surface area contributed by atoms with E-state index in [1.807, 2.05) is 27.7 Å². The zero-order valence-corrected chi connectivity index (χ0v) is 11.8. The molecule has 18 heavy (non-hydrogen) atoms. The molecule has 1 amide bonds. The number of carboxylic acid groups (broad SMARTS) is 1. The zero-order valence-electron chi connectivity index (χ0n) is 11.8. The average Bonchev–Trinajstić information content (AvgIpc) is 2.22. The third-order valence-corrected chi connectivity index (χ3v) is 3.00. The summed E-state index contributed by atoms with van der Waals surface area (Å²) in [6.45, 7) is 8.32. The molecule has 0 radical (unpaired) electrons. The summed E-state index contributed by atoms with van der Waals surface area (Å²) in [5, 5.41) is 8.60. The largest absolute Gasteiger partial charge is 0.481 e. The number of nitrogens with two attached hydrogens (primary N) is 1. The Hall–Kier alpha value is -1.10. The molecule has 3 N–H and O–H groups in total. The molecular weight excluding hydrogens is 232 g/mol. The quantitative estimate of drug-likeness (QED) is 0.690. The number of aliphatic carboxylic acids is 1. The summed E-state index contributed by atoms with van der Waals surface area (Å²) in [4.78, 5) is 24.3. The Labute approximate surface area is 109 Å². The van der Waals surface area contributed by atoms with Crippen molar-refractivity contribution in [2.75, 3.05) is 6.54 Å². The van der Waals surface area contributed by atoms with Crippen LogP contribution in [0.5, 0.6) is 0 Å². The Balaban J connectivity index is 4.32. The van der Waals surface area contributed by atoms with Crippen LogP contribution < -0.4 is 5.73 Å². The minimum Gasteiger partial charge on any atom is -0.481 e. The third-order valence-electron chi connectivity index (χ3n) is 3.00. The zero-order chi connectivity index (χ0) is 14.3. The molecule has 5 heteroatoms. The van der Waals surface area contributed by atoms with E-state index in [0.29, 0.717) is 19.4 Å². The molecule has 106 valence electrons. The lowest BCUT2D eigenvalue weighted by molar-refractivity contribution is -0.138. The monoisotopic (exact) mass is 258 g/mol. The van der Waals surface area contributed by atoms with Crippen LogP contribution in [0.25, 0.3) is 0 Å². The fourth-order valence-corrected chi connectivity index (χ4v) is 1.63. The molecule has 0 fully saturated rings. The summed E-state index contributed by atoms with van der Waals surface area (Å²) in [5.41, 5.74) is 5.89. The molecule has 5 nitrogen and oxygen atoms in total. The highest BCUT2D eigenvalue weighted by Crippen LogP contribution is 2.09. The molecule has 1 atom stereocenters. The maximum absolute atomic E-state index is 12.1. The minimum atomic E-state index is -0.829. The van der Waals surface area contributed by atoms with Gasteiger partial charge in [-0.05, 0) is 26.2 Å². The summed E-state index contributed by atoms with van der Waals surface area (Å²) >= 11 is 0. The van der Waals surface area contributed by atoms with E-state index in [4.69, 9.17) is 10.8 Å². The Kier molecular flexibility index (Phi) is 7.59. The number of nitrogens with zero attached hydrogens (tertiary/aromatic N) is 1. The molecule has 0 aromatic heterocycles. The highest BCUT2D eigenvalue weighted by Gasteiger charge is 2.20. The predicted octanol–water partition coefficient (Wildman–Crippen LogP) is 1.46. The lowest BCUT2D eigenvalue weighted by Gasteiger charge is -2.28. The van der Waals surface area contributed by atoms with Gasteiger partial charge >= 0.3 is 5.97 Å². The van der Waals surface area contributed by atoms with Crippen molar-refractivity contribution < 1.29 is 14.7 Å². The topological polar surface area (TPSA) is 83.6 Å². The van der Waals surface area contributed by atoms with Gasteiger partial charge in [-0.2, -0.15) is 0 Å². The first-order valence-corrected chi connectivity index (χ1v) is 6.52. The highest BCUT2D eigenvalue weighted by atomic mass is 16.4. The van der Waals surface area contributed by atoms with Gasteiger partial charge in [-0.1, -0.05) is 13.8 Å². The van der Waals surface area contributed by atoms with Gasteiger partial charge in [0.1, 0.15) is 0 Å². The molecule has 0 aromatic carbocycles.